The van der Waals surface area contributed by atoms with Gasteiger partial charge in [0.25, 0.3) is 0 Å². The van der Waals surface area contributed by atoms with Gasteiger partial charge in [-0.25, -0.2) is 0 Å². The molecule has 0 spiro atoms. The Morgan fingerprint density at radius 2 is 0.794 bits per heavy atom. The number of hydrogen-bond acceptors (Lipinski definition) is 2. The summed E-state index contributed by atoms with van der Waals surface area (Å²) in [6.07, 6.45) is 0. The van der Waals surface area contributed by atoms with Gasteiger partial charge in [0.1, 0.15) is 11.2 Å². The molecule has 296 valence electrons. The summed E-state index contributed by atoms with van der Waals surface area (Å²) >= 11 is 0. The van der Waals surface area contributed by atoms with Gasteiger partial charge in [-0.3, -0.25) is 0 Å². The van der Waals surface area contributed by atoms with E-state index in [0.717, 1.165) is 72.5 Å². The third-order valence-corrected chi connectivity index (χ3v) is 12.4. The van der Waals surface area contributed by atoms with Crippen molar-refractivity contribution in [1.29, 1.82) is 0 Å². The van der Waals surface area contributed by atoms with Crippen LogP contribution in [0.3, 0.4) is 0 Å². The molecule has 0 N–H and O–H groups in total. The van der Waals surface area contributed by atoms with Crippen LogP contribution in [0, 0.1) is 0 Å². The van der Waals surface area contributed by atoms with E-state index in [2.05, 4.69) is 240 Å². The van der Waals surface area contributed by atoms with E-state index in [4.69, 9.17) is 4.42 Å². The summed E-state index contributed by atoms with van der Waals surface area (Å²) in [5, 5.41) is 4.68. The molecule has 63 heavy (non-hydrogen) atoms. The van der Waals surface area contributed by atoms with Crippen molar-refractivity contribution in [2.75, 3.05) is 4.90 Å². The Morgan fingerprint density at radius 1 is 0.270 bits per heavy atom. The van der Waals surface area contributed by atoms with E-state index in [0.29, 0.717) is 0 Å². The van der Waals surface area contributed by atoms with Gasteiger partial charge in [-0.05, 0) is 129 Å². The summed E-state index contributed by atoms with van der Waals surface area (Å²) < 4.78 is 8.70. The molecule has 0 radical (unpaired) electrons. The van der Waals surface area contributed by atoms with Crippen LogP contribution in [0.5, 0.6) is 0 Å². The number of para-hydroxylation sites is 3. The van der Waals surface area contributed by atoms with Crippen LogP contribution in [0.25, 0.3) is 93.9 Å². The van der Waals surface area contributed by atoms with Crippen molar-refractivity contribution in [3.8, 4) is 50.2 Å². The molecular weight excluding hydrogens is 765 g/mol. The lowest BCUT2D eigenvalue weighted by molar-refractivity contribution is 0.669. The summed E-state index contributed by atoms with van der Waals surface area (Å²) in [4.78, 5) is 2.40. The minimum Gasteiger partial charge on any atom is -0.456 e. The highest BCUT2D eigenvalue weighted by molar-refractivity contribution is 6.10. The number of benzene rings is 10. The van der Waals surface area contributed by atoms with E-state index in [-0.39, 0.29) is 0 Å². The Bertz CT molecular complexity index is 3600. The van der Waals surface area contributed by atoms with Crippen molar-refractivity contribution in [1.82, 2.24) is 4.57 Å². The van der Waals surface area contributed by atoms with Crippen molar-refractivity contribution in [2.24, 2.45) is 0 Å². The number of fused-ring (bicyclic) bond motifs is 6. The second-order valence-corrected chi connectivity index (χ2v) is 16.2. The quantitative estimate of drug-likeness (QED) is 0.153. The van der Waals surface area contributed by atoms with Crippen molar-refractivity contribution in [2.45, 2.75) is 0 Å². The molecule has 0 amide bonds. The first-order chi connectivity index (χ1) is 31.2. The lowest BCUT2D eigenvalue weighted by Crippen LogP contribution is -2.10. The standard InChI is InChI=1S/C60H40N2O/c1-4-15-41(16-5-1)43-27-31-50(32-28-43)61(51-22-14-19-44(36-51)42-17-6-2-7-18-42)52-37-47(45-30-34-60-56(39-45)55-24-11-13-26-59(55)63-60)35-48(38-52)46-29-33-54-53-23-10-12-25-57(53)62(58(54)40-46)49-20-8-3-9-21-49/h1-40H. The molecule has 0 unspecified atom stereocenters. The second-order valence-electron chi connectivity index (χ2n) is 16.2. The molecule has 0 aliphatic rings. The Hall–Kier alpha value is -8.40. The smallest absolute Gasteiger partial charge is 0.135 e. The number of aromatic nitrogens is 1. The van der Waals surface area contributed by atoms with Crippen LogP contribution in [-0.2, 0) is 0 Å². The Kier molecular flexibility index (Phi) is 8.83. The fourth-order valence-corrected chi connectivity index (χ4v) is 9.32. The van der Waals surface area contributed by atoms with Gasteiger partial charge in [0.2, 0.25) is 0 Å². The molecule has 0 atom stereocenters. The summed E-state index contributed by atoms with van der Waals surface area (Å²) in [5.41, 5.74) is 17.7. The van der Waals surface area contributed by atoms with Gasteiger partial charge in [0, 0.05) is 44.3 Å². The topological polar surface area (TPSA) is 21.3 Å². The molecule has 0 saturated heterocycles. The highest BCUT2D eigenvalue weighted by atomic mass is 16.3. The Morgan fingerprint density at radius 3 is 1.56 bits per heavy atom. The first-order valence-electron chi connectivity index (χ1n) is 21.5. The highest BCUT2D eigenvalue weighted by Gasteiger charge is 2.19. The molecule has 0 fully saturated rings. The van der Waals surface area contributed by atoms with Crippen LogP contribution in [-0.4, -0.2) is 4.57 Å². The third kappa shape index (κ3) is 6.55. The van der Waals surface area contributed by atoms with Crippen LogP contribution >= 0.6 is 0 Å². The van der Waals surface area contributed by atoms with Gasteiger partial charge in [0.15, 0.2) is 0 Å². The fraction of sp³-hybridized carbons (Fsp3) is 0. The van der Waals surface area contributed by atoms with E-state index in [9.17, 15) is 0 Å². The number of furan rings is 1. The maximum absolute atomic E-state index is 6.31. The van der Waals surface area contributed by atoms with E-state index in [1.807, 2.05) is 12.1 Å². The van der Waals surface area contributed by atoms with Crippen LogP contribution in [0.2, 0.25) is 0 Å². The van der Waals surface area contributed by atoms with E-state index < -0.39 is 0 Å². The van der Waals surface area contributed by atoms with Crippen LogP contribution in [0.4, 0.5) is 17.1 Å². The van der Waals surface area contributed by atoms with Gasteiger partial charge in [-0.1, -0.05) is 158 Å². The molecule has 0 aliphatic heterocycles. The first-order valence-corrected chi connectivity index (χ1v) is 21.5. The average molecular weight is 805 g/mol. The highest BCUT2D eigenvalue weighted by Crippen LogP contribution is 2.43. The van der Waals surface area contributed by atoms with Crippen LogP contribution in [0.15, 0.2) is 247 Å². The largest absolute Gasteiger partial charge is 0.456 e. The maximum atomic E-state index is 6.31. The molecule has 10 aromatic carbocycles. The van der Waals surface area contributed by atoms with Gasteiger partial charge in [-0.15, -0.1) is 0 Å². The second kappa shape index (κ2) is 15.3. The number of rotatable bonds is 8. The first kappa shape index (κ1) is 36.5. The predicted octanol–water partition coefficient (Wildman–Crippen LogP) is 16.8. The molecule has 2 aromatic heterocycles. The molecule has 2 heterocycles. The van der Waals surface area contributed by atoms with Crippen molar-refractivity contribution in [3.05, 3.63) is 243 Å². The third-order valence-electron chi connectivity index (χ3n) is 12.4. The normalized spacial score (nSPS) is 11.5. The van der Waals surface area contributed by atoms with Crippen molar-refractivity contribution in [3.63, 3.8) is 0 Å². The summed E-state index contributed by atoms with van der Waals surface area (Å²) in [5.74, 6) is 0. The molecule has 0 bridgehead atoms. The molecule has 3 heteroatoms. The van der Waals surface area contributed by atoms with Gasteiger partial charge < -0.3 is 13.9 Å². The summed E-state index contributed by atoms with van der Waals surface area (Å²) in [6.45, 7) is 0. The van der Waals surface area contributed by atoms with Crippen molar-refractivity contribution >= 4 is 60.8 Å². The zero-order valence-electron chi connectivity index (χ0n) is 34.4. The lowest BCUT2D eigenvalue weighted by Gasteiger charge is -2.27. The fourth-order valence-electron chi connectivity index (χ4n) is 9.32. The average Bonchev–Trinajstić information content (AvgIpc) is 3.90. The molecule has 3 nitrogen and oxygen atoms in total. The van der Waals surface area contributed by atoms with Crippen LogP contribution in [0.1, 0.15) is 0 Å². The summed E-state index contributed by atoms with van der Waals surface area (Å²) in [7, 11) is 0. The van der Waals surface area contributed by atoms with Gasteiger partial charge in [-0.2, -0.15) is 0 Å². The van der Waals surface area contributed by atoms with E-state index in [1.165, 1.54) is 38.5 Å². The molecule has 12 rings (SSSR count). The summed E-state index contributed by atoms with van der Waals surface area (Å²) in [6, 6.07) is 87.4. The number of nitrogens with zero attached hydrogens (tertiary/aromatic N) is 2. The zero-order chi connectivity index (χ0) is 41.7. The molecular formula is C60H40N2O. The van der Waals surface area contributed by atoms with Gasteiger partial charge >= 0.3 is 0 Å². The minimum atomic E-state index is 0.883. The Labute approximate surface area is 366 Å². The van der Waals surface area contributed by atoms with Crippen LogP contribution < -0.4 is 4.90 Å². The molecule has 0 aliphatic carbocycles. The predicted molar refractivity (Wildman–Crippen MR) is 264 cm³/mol. The number of hydrogen-bond donors (Lipinski definition) is 0. The van der Waals surface area contributed by atoms with Crippen molar-refractivity contribution < 1.29 is 4.42 Å². The zero-order valence-corrected chi connectivity index (χ0v) is 34.4. The molecule has 0 saturated carbocycles. The monoisotopic (exact) mass is 804 g/mol. The Balaban J connectivity index is 1.10. The van der Waals surface area contributed by atoms with Gasteiger partial charge in [0.05, 0.1) is 11.0 Å². The SMILES string of the molecule is c1ccc(-c2ccc(N(c3cccc(-c4ccccc4)c3)c3cc(-c4ccc5oc6ccccc6c5c4)cc(-c4ccc5c6ccccc6n(-c6ccccc6)c5c4)c3)cc2)cc1. The number of anilines is 3. The lowest BCUT2D eigenvalue weighted by atomic mass is 9.95. The van der Waals surface area contributed by atoms with E-state index >= 15 is 0 Å². The molecule has 12 aromatic rings. The maximum Gasteiger partial charge on any atom is 0.135 e. The van der Waals surface area contributed by atoms with E-state index in [1.54, 1.807) is 0 Å². The minimum absolute atomic E-state index is 0.883.